The lowest BCUT2D eigenvalue weighted by atomic mass is 9.96. The number of thiol groups is 1. The molecule has 1 fully saturated rings. The molecule has 5 unspecified atom stereocenters. The molecule has 5 atom stereocenters. The minimum atomic E-state index is -1.19. The number of nitrogens with one attached hydrogen (secondary N) is 4. The van der Waals surface area contributed by atoms with E-state index >= 15 is 0 Å². The smallest absolute Gasteiger partial charge is 0.327 e. The van der Waals surface area contributed by atoms with E-state index < -0.39 is 35.9 Å². The number of carboxylic acid groups (broad SMARTS) is 1. The van der Waals surface area contributed by atoms with Crippen LogP contribution in [0, 0.1) is 11.8 Å². The molecule has 10 heteroatoms. The van der Waals surface area contributed by atoms with Crippen molar-refractivity contribution in [3.05, 3.63) is 0 Å². The zero-order valence-electron chi connectivity index (χ0n) is 18.2. The van der Waals surface area contributed by atoms with Gasteiger partial charge in [-0.25, -0.2) is 4.79 Å². The molecule has 0 radical (unpaired) electrons. The number of amides is 3. The number of aliphatic carboxylic acids is 1. The Balaban J connectivity index is 2.91. The van der Waals surface area contributed by atoms with E-state index in [2.05, 4.69) is 33.9 Å². The van der Waals surface area contributed by atoms with Crippen molar-refractivity contribution in [1.82, 2.24) is 21.3 Å². The number of hydrogen-bond acceptors (Lipinski definition) is 6. The average molecular weight is 445 g/mol. The first-order valence-corrected chi connectivity index (χ1v) is 11.2. The fraction of sp³-hybridized carbons (Fsp3) is 0.800. The van der Waals surface area contributed by atoms with Gasteiger partial charge in [0.15, 0.2) is 0 Å². The van der Waals surface area contributed by atoms with Gasteiger partial charge in [0.1, 0.15) is 18.1 Å². The Morgan fingerprint density at radius 1 is 1.07 bits per heavy atom. The van der Waals surface area contributed by atoms with Crippen molar-refractivity contribution >= 4 is 36.3 Å². The van der Waals surface area contributed by atoms with Crippen molar-refractivity contribution in [3.63, 3.8) is 0 Å². The quantitative estimate of drug-likeness (QED) is 0.240. The summed E-state index contributed by atoms with van der Waals surface area (Å²) in [5.41, 5.74) is 0. The summed E-state index contributed by atoms with van der Waals surface area (Å²) >= 11 is 3.96. The Labute approximate surface area is 183 Å². The summed E-state index contributed by atoms with van der Waals surface area (Å²) in [6.07, 6.45) is 2.66. The highest BCUT2D eigenvalue weighted by Crippen LogP contribution is 2.12. The first-order chi connectivity index (χ1) is 14.1. The van der Waals surface area contributed by atoms with Crippen molar-refractivity contribution in [2.45, 2.75) is 77.5 Å². The highest BCUT2D eigenvalue weighted by molar-refractivity contribution is 7.80. The van der Waals surface area contributed by atoms with E-state index in [1.54, 1.807) is 6.92 Å². The lowest BCUT2D eigenvalue weighted by Crippen LogP contribution is -2.59. The average Bonchev–Trinajstić information content (AvgIpc) is 3.23. The summed E-state index contributed by atoms with van der Waals surface area (Å²) in [5, 5.41) is 20.2. The molecule has 0 spiro atoms. The van der Waals surface area contributed by atoms with E-state index in [-0.39, 0.29) is 29.5 Å². The summed E-state index contributed by atoms with van der Waals surface area (Å²) in [4.78, 5) is 49.4. The van der Waals surface area contributed by atoms with E-state index in [1.807, 2.05) is 20.8 Å². The molecule has 0 aliphatic carbocycles. The Bertz CT molecular complexity index is 610. The van der Waals surface area contributed by atoms with E-state index in [9.17, 15) is 19.2 Å². The Hall–Kier alpha value is -1.81. The molecule has 30 heavy (non-hydrogen) atoms. The molecule has 1 heterocycles. The molecular weight excluding hydrogens is 408 g/mol. The van der Waals surface area contributed by atoms with Gasteiger partial charge in [0.2, 0.25) is 17.7 Å². The highest BCUT2D eigenvalue weighted by atomic mass is 32.1. The fourth-order valence-electron chi connectivity index (χ4n) is 3.29. The Morgan fingerprint density at radius 3 is 2.20 bits per heavy atom. The molecule has 1 rings (SSSR count). The van der Waals surface area contributed by atoms with Crippen LogP contribution in [0.3, 0.4) is 0 Å². The molecule has 0 aromatic carbocycles. The molecule has 0 aromatic heterocycles. The van der Waals surface area contributed by atoms with Gasteiger partial charge in [0.05, 0.1) is 6.04 Å². The van der Waals surface area contributed by atoms with Gasteiger partial charge in [-0.1, -0.05) is 34.1 Å². The van der Waals surface area contributed by atoms with Gasteiger partial charge in [-0.05, 0) is 37.6 Å². The summed E-state index contributed by atoms with van der Waals surface area (Å²) in [6, 6.07) is -3.16. The van der Waals surface area contributed by atoms with Crippen molar-refractivity contribution in [1.29, 1.82) is 0 Å². The summed E-state index contributed by atoms with van der Waals surface area (Å²) in [6.45, 7) is 8.35. The lowest BCUT2D eigenvalue weighted by Gasteiger charge is -2.28. The molecule has 1 saturated heterocycles. The maximum absolute atomic E-state index is 13.0. The molecule has 5 N–H and O–H groups in total. The van der Waals surface area contributed by atoms with Crippen LogP contribution in [0.5, 0.6) is 0 Å². The van der Waals surface area contributed by atoms with Crippen LogP contribution < -0.4 is 21.3 Å². The maximum Gasteiger partial charge on any atom is 0.327 e. The second kappa shape index (κ2) is 12.8. The third kappa shape index (κ3) is 8.14. The van der Waals surface area contributed by atoms with E-state index in [0.29, 0.717) is 12.8 Å². The van der Waals surface area contributed by atoms with Gasteiger partial charge in [-0.3, -0.25) is 14.4 Å². The number of carbonyl (C=O) groups excluding carboxylic acids is 3. The van der Waals surface area contributed by atoms with Crippen LogP contribution in [0.25, 0.3) is 0 Å². The van der Waals surface area contributed by atoms with Crippen LogP contribution in [0.2, 0.25) is 0 Å². The Morgan fingerprint density at radius 2 is 1.73 bits per heavy atom. The summed E-state index contributed by atoms with van der Waals surface area (Å²) in [7, 11) is 0. The highest BCUT2D eigenvalue weighted by Gasteiger charge is 2.33. The second-order valence-corrected chi connectivity index (χ2v) is 8.66. The number of rotatable bonds is 12. The first kappa shape index (κ1) is 26.2. The van der Waals surface area contributed by atoms with Gasteiger partial charge < -0.3 is 26.4 Å². The lowest BCUT2D eigenvalue weighted by molar-refractivity contribution is -0.142. The van der Waals surface area contributed by atoms with Crippen molar-refractivity contribution in [3.8, 4) is 0 Å². The van der Waals surface area contributed by atoms with Crippen LogP contribution in [0.4, 0.5) is 0 Å². The van der Waals surface area contributed by atoms with Crippen LogP contribution >= 0.6 is 12.6 Å². The predicted octanol–water partition coefficient (Wildman–Crippen LogP) is 0.299. The molecule has 172 valence electrons. The van der Waals surface area contributed by atoms with Crippen LogP contribution in [-0.4, -0.2) is 65.3 Å². The minimum Gasteiger partial charge on any atom is -0.480 e. The monoisotopic (exact) mass is 444 g/mol. The van der Waals surface area contributed by atoms with Gasteiger partial charge >= 0.3 is 5.97 Å². The van der Waals surface area contributed by atoms with Gasteiger partial charge in [0, 0.05) is 5.75 Å². The molecule has 0 saturated carbocycles. The Kier molecular flexibility index (Phi) is 11.2. The first-order valence-electron chi connectivity index (χ1n) is 10.6. The topological polar surface area (TPSA) is 137 Å². The SMILES string of the molecule is CCC(C)C(NC(=O)C(CC(C)C)NC(=O)C1CCCN1)C(=O)NC(CS)C(=O)O. The summed E-state index contributed by atoms with van der Waals surface area (Å²) < 4.78 is 0. The molecule has 1 aliphatic rings. The minimum absolute atomic E-state index is 0.0668. The van der Waals surface area contributed by atoms with E-state index in [0.717, 1.165) is 19.4 Å². The standard InChI is InChI=1S/C20H36N4O5S/c1-5-12(4)16(19(27)23-15(10-30)20(28)29)24-18(26)14(9-11(2)3)22-17(25)13-7-6-8-21-13/h11-16,21,30H,5-10H2,1-4H3,(H,22,25)(H,23,27)(H,24,26)(H,28,29). The molecule has 0 bridgehead atoms. The van der Waals surface area contributed by atoms with E-state index in [4.69, 9.17) is 5.11 Å². The number of carboxylic acids is 1. The second-order valence-electron chi connectivity index (χ2n) is 8.29. The van der Waals surface area contributed by atoms with Crippen LogP contribution in [0.15, 0.2) is 0 Å². The van der Waals surface area contributed by atoms with Crippen molar-refractivity contribution in [2.75, 3.05) is 12.3 Å². The largest absolute Gasteiger partial charge is 0.480 e. The molecule has 0 aromatic rings. The molecule has 3 amide bonds. The van der Waals surface area contributed by atoms with Crippen molar-refractivity contribution in [2.24, 2.45) is 11.8 Å². The van der Waals surface area contributed by atoms with Gasteiger partial charge in [0.25, 0.3) is 0 Å². The van der Waals surface area contributed by atoms with Gasteiger partial charge in [-0.2, -0.15) is 12.6 Å². The molecular formula is C20H36N4O5S. The van der Waals surface area contributed by atoms with Crippen molar-refractivity contribution < 1.29 is 24.3 Å². The zero-order chi connectivity index (χ0) is 22.8. The predicted molar refractivity (Wildman–Crippen MR) is 117 cm³/mol. The van der Waals surface area contributed by atoms with Crippen LogP contribution in [-0.2, 0) is 19.2 Å². The molecule has 9 nitrogen and oxygen atoms in total. The van der Waals surface area contributed by atoms with Gasteiger partial charge in [-0.15, -0.1) is 0 Å². The zero-order valence-corrected chi connectivity index (χ0v) is 19.1. The third-order valence-corrected chi connectivity index (χ3v) is 5.67. The molecule has 1 aliphatic heterocycles. The normalized spacial score (nSPS) is 20.1. The maximum atomic E-state index is 13.0. The van der Waals surface area contributed by atoms with E-state index in [1.165, 1.54) is 0 Å². The fourth-order valence-corrected chi connectivity index (χ4v) is 3.53. The third-order valence-electron chi connectivity index (χ3n) is 5.31. The number of carbonyl (C=O) groups is 4. The number of hydrogen-bond donors (Lipinski definition) is 6. The van der Waals surface area contributed by atoms with Crippen LogP contribution in [0.1, 0.15) is 53.4 Å². The summed E-state index contributed by atoms with van der Waals surface area (Å²) in [5.74, 6) is -2.59.